The van der Waals surface area contributed by atoms with Crippen molar-refractivity contribution in [2.24, 2.45) is 0 Å². The number of aliphatic hydroxyl groups excluding tert-OH is 1. The van der Waals surface area contributed by atoms with Gasteiger partial charge in [-0.15, -0.1) is 24.8 Å². The molecule has 0 amide bonds. The van der Waals surface area contributed by atoms with E-state index in [9.17, 15) is 0 Å². The lowest BCUT2D eigenvalue weighted by Gasteiger charge is -2.35. The average molecular weight is 560 g/mol. The zero-order chi connectivity index (χ0) is 24.4. The molecule has 2 rings (SSSR count). The van der Waals surface area contributed by atoms with Gasteiger partial charge in [0, 0.05) is 44.8 Å². The molecule has 1 saturated heterocycles. The number of methoxy groups -OCH3 is 3. The Morgan fingerprint density at radius 2 is 1.14 bits per heavy atom. The summed E-state index contributed by atoms with van der Waals surface area (Å²) in [5.41, 5.74) is 1.09. The first kappa shape index (κ1) is 34.9. The Morgan fingerprint density at radius 1 is 0.639 bits per heavy atom. The first-order valence-corrected chi connectivity index (χ1v) is 11.9. The van der Waals surface area contributed by atoms with Crippen molar-refractivity contribution < 1.29 is 38.3 Å². The fourth-order valence-electron chi connectivity index (χ4n) is 3.72. The van der Waals surface area contributed by atoms with Gasteiger partial charge in [0.25, 0.3) is 0 Å². The molecule has 10 nitrogen and oxygen atoms in total. The third-order valence-corrected chi connectivity index (χ3v) is 5.55. The highest BCUT2D eigenvalue weighted by Crippen LogP contribution is 2.40. The second-order valence-electron chi connectivity index (χ2n) is 7.78. The summed E-state index contributed by atoms with van der Waals surface area (Å²) >= 11 is 0. The van der Waals surface area contributed by atoms with Crippen LogP contribution in [0.2, 0.25) is 0 Å². The first-order chi connectivity index (χ1) is 16.7. The highest BCUT2D eigenvalue weighted by Gasteiger charge is 2.21. The van der Waals surface area contributed by atoms with E-state index in [0.717, 1.165) is 50.6 Å². The summed E-state index contributed by atoms with van der Waals surface area (Å²) in [6, 6.07) is 3.97. The van der Waals surface area contributed by atoms with Gasteiger partial charge >= 0.3 is 0 Å². The second-order valence-corrected chi connectivity index (χ2v) is 7.78. The van der Waals surface area contributed by atoms with Crippen molar-refractivity contribution in [1.29, 1.82) is 0 Å². The van der Waals surface area contributed by atoms with E-state index in [-0.39, 0.29) is 31.4 Å². The maximum Gasteiger partial charge on any atom is 0.203 e. The van der Waals surface area contributed by atoms with Crippen molar-refractivity contribution >= 4 is 24.8 Å². The van der Waals surface area contributed by atoms with Gasteiger partial charge in [-0.25, -0.2) is 0 Å². The number of hydrogen-bond acceptors (Lipinski definition) is 10. The zero-order valence-electron chi connectivity index (χ0n) is 21.8. The van der Waals surface area contributed by atoms with E-state index in [1.165, 1.54) is 0 Å². The van der Waals surface area contributed by atoms with E-state index in [1.807, 2.05) is 12.1 Å². The van der Waals surface area contributed by atoms with E-state index in [1.54, 1.807) is 21.3 Å². The van der Waals surface area contributed by atoms with Crippen LogP contribution >= 0.6 is 24.8 Å². The molecule has 0 saturated carbocycles. The third kappa shape index (κ3) is 12.9. The maximum absolute atomic E-state index is 8.59. The molecule has 212 valence electrons. The van der Waals surface area contributed by atoms with Crippen LogP contribution in [-0.2, 0) is 25.5 Å². The van der Waals surface area contributed by atoms with E-state index in [2.05, 4.69) is 9.80 Å². The summed E-state index contributed by atoms with van der Waals surface area (Å²) < 4.78 is 38.2. The fourth-order valence-corrected chi connectivity index (χ4v) is 3.72. The molecule has 1 heterocycles. The molecule has 12 heteroatoms. The van der Waals surface area contributed by atoms with Crippen molar-refractivity contribution in [3.05, 3.63) is 17.7 Å². The molecular formula is C24H44Cl2N2O8. The molecular weight excluding hydrogens is 515 g/mol. The SMILES string of the molecule is COc1ccc(CN2CCN(CCOCCOCCOCCOCCO)CC2)c(OC)c1OC.Cl.Cl. The van der Waals surface area contributed by atoms with Gasteiger partial charge in [0.2, 0.25) is 5.75 Å². The number of rotatable bonds is 19. The number of halogens is 2. The Kier molecular flexibility index (Phi) is 21.3. The van der Waals surface area contributed by atoms with Crippen molar-refractivity contribution in [3.8, 4) is 17.2 Å². The molecule has 1 aromatic carbocycles. The number of piperazine rings is 1. The molecule has 0 aliphatic carbocycles. The number of ether oxygens (including phenoxy) is 7. The molecule has 0 atom stereocenters. The van der Waals surface area contributed by atoms with Crippen LogP contribution < -0.4 is 14.2 Å². The summed E-state index contributed by atoms with van der Waals surface area (Å²) in [5.74, 6) is 2.05. The third-order valence-electron chi connectivity index (χ3n) is 5.55. The summed E-state index contributed by atoms with van der Waals surface area (Å²) in [6.45, 7) is 10.0. The highest BCUT2D eigenvalue weighted by atomic mass is 35.5. The summed E-state index contributed by atoms with van der Waals surface area (Å²) in [4.78, 5) is 4.85. The Labute approximate surface area is 227 Å². The van der Waals surface area contributed by atoms with E-state index >= 15 is 0 Å². The lowest BCUT2D eigenvalue weighted by molar-refractivity contribution is -0.00831. The zero-order valence-corrected chi connectivity index (χ0v) is 23.4. The predicted molar refractivity (Wildman–Crippen MR) is 143 cm³/mol. The van der Waals surface area contributed by atoms with Gasteiger partial charge in [-0.05, 0) is 6.07 Å². The van der Waals surface area contributed by atoms with E-state index < -0.39 is 0 Å². The fraction of sp³-hybridized carbons (Fsp3) is 0.750. The second kappa shape index (κ2) is 22.0. The molecule has 0 spiro atoms. The molecule has 1 aliphatic rings. The van der Waals surface area contributed by atoms with E-state index in [0.29, 0.717) is 64.4 Å². The topological polar surface area (TPSA) is 91.3 Å². The molecule has 1 aliphatic heterocycles. The molecule has 36 heavy (non-hydrogen) atoms. The monoisotopic (exact) mass is 558 g/mol. The van der Waals surface area contributed by atoms with Gasteiger partial charge in [-0.2, -0.15) is 0 Å². The number of hydrogen-bond donors (Lipinski definition) is 1. The predicted octanol–water partition coefficient (Wildman–Crippen LogP) is 1.73. The molecule has 0 unspecified atom stereocenters. The van der Waals surface area contributed by atoms with Crippen LogP contribution in [0, 0.1) is 0 Å². The molecule has 1 fully saturated rings. The Balaban J connectivity index is 0.00000612. The van der Waals surface area contributed by atoms with E-state index in [4.69, 9.17) is 38.3 Å². The molecule has 0 aromatic heterocycles. The molecule has 1 N–H and O–H groups in total. The highest BCUT2D eigenvalue weighted by molar-refractivity contribution is 5.85. The van der Waals surface area contributed by atoms with Gasteiger partial charge < -0.3 is 38.3 Å². The minimum atomic E-state index is 0. The molecule has 0 radical (unpaired) electrons. The minimum absolute atomic E-state index is 0. The number of aliphatic hydroxyl groups is 1. The standard InChI is InChI=1S/C24H42N2O8.2ClH/c1-28-22-5-4-21(23(29-2)24(22)30-3)20-26-8-6-25(7-9-26)10-12-31-14-16-33-18-19-34-17-15-32-13-11-27;;/h4-5,27H,6-20H2,1-3H3;2*1H. The lowest BCUT2D eigenvalue weighted by Crippen LogP contribution is -2.46. The van der Waals surface area contributed by atoms with Crippen LogP contribution in [-0.4, -0.2) is 128 Å². The lowest BCUT2D eigenvalue weighted by atomic mass is 10.1. The van der Waals surface area contributed by atoms with Gasteiger partial charge in [0.1, 0.15) is 0 Å². The Bertz CT molecular complexity index is 667. The normalized spacial score (nSPS) is 14.1. The Morgan fingerprint density at radius 3 is 1.64 bits per heavy atom. The average Bonchev–Trinajstić information content (AvgIpc) is 2.87. The summed E-state index contributed by atoms with van der Waals surface area (Å²) in [7, 11) is 4.92. The van der Waals surface area contributed by atoms with Gasteiger partial charge in [0.15, 0.2) is 11.5 Å². The van der Waals surface area contributed by atoms with Gasteiger partial charge in [-0.3, -0.25) is 9.80 Å². The van der Waals surface area contributed by atoms with Crippen molar-refractivity contribution in [2.45, 2.75) is 6.54 Å². The minimum Gasteiger partial charge on any atom is -0.493 e. The molecule has 0 bridgehead atoms. The van der Waals surface area contributed by atoms with Crippen LogP contribution in [0.1, 0.15) is 5.56 Å². The number of benzene rings is 1. The largest absolute Gasteiger partial charge is 0.493 e. The van der Waals surface area contributed by atoms with Crippen LogP contribution in [0.15, 0.2) is 12.1 Å². The smallest absolute Gasteiger partial charge is 0.203 e. The van der Waals surface area contributed by atoms with Crippen molar-refractivity contribution in [2.75, 3.05) is 114 Å². The van der Waals surface area contributed by atoms with Crippen molar-refractivity contribution in [1.82, 2.24) is 9.80 Å². The Hall–Kier alpha value is -1.08. The van der Waals surface area contributed by atoms with Crippen molar-refractivity contribution in [3.63, 3.8) is 0 Å². The van der Waals surface area contributed by atoms with Crippen LogP contribution in [0.5, 0.6) is 17.2 Å². The van der Waals surface area contributed by atoms with Gasteiger partial charge in [0.05, 0.1) is 80.8 Å². The van der Waals surface area contributed by atoms with Crippen LogP contribution in [0.25, 0.3) is 0 Å². The summed E-state index contributed by atoms with van der Waals surface area (Å²) in [6.07, 6.45) is 0. The maximum atomic E-state index is 8.59. The number of nitrogens with zero attached hydrogens (tertiary/aromatic N) is 2. The summed E-state index contributed by atoms with van der Waals surface area (Å²) in [5, 5.41) is 8.59. The van der Waals surface area contributed by atoms with Crippen LogP contribution in [0.4, 0.5) is 0 Å². The molecule has 1 aromatic rings. The first-order valence-electron chi connectivity index (χ1n) is 11.9. The quantitative estimate of drug-likeness (QED) is 0.253. The van der Waals surface area contributed by atoms with Gasteiger partial charge in [-0.1, -0.05) is 6.07 Å². The van der Waals surface area contributed by atoms with Crippen LogP contribution in [0.3, 0.4) is 0 Å².